The van der Waals surface area contributed by atoms with E-state index in [4.69, 9.17) is 18.9 Å². The van der Waals surface area contributed by atoms with Gasteiger partial charge in [0.1, 0.15) is 17.6 Å². The Morgan fingerprint density at radius 2 is 1.76 bits per heavy atom. The number of hydrogen-bond acceptors (Lipinski definition) is 5. The third kappa shape index (κ3) is 6.88. The van der Waals surface area contributed by atoms with Crippen LogP contribution in [0.5, 0.6) is 23.0 Å². The lowest BCUT2D eigenvalue weighted by Crippen LogP contribution is -2.37. The normalized spacial score (nSPS) is 14.1. The van der Waals surface area contributed by atoms with Crippen LogP contribution in [0, 0.1) is 0 Å². The molecular formula is C21H28IN3O4. The van der Waals surface area contributed by atoms with Crippen LogP contribution in [0.15, 0.2) is 47.5 Å². The first-order valence-corrected chi connectivity index (χ1v) is 9.36. The number of hydrogen-bond donors (Lipinski definition) is 2. The van der Waals surface area contributed by atoms with Crippen molar-refractivity contribution in [3.05, 3.63) is 42.5 Å². The number of halogens is 1. The number of anilines is 1. The number of ether oxygens (including phenoxy) is 4. The van der Waals surface area contributed by atoms with E-state index in [1.807, 2.05) is 49.4 Å². The molecule has 2 aromatic carbocycles. The average molecular weight is 513 g/mol. The van der Waals surface area contributed by atoms with Gasteiger partial charge in [-0.15, -0.1) is 24.0 Å². The maximum Gasteiger partial charge on any atom is 0.195 e. The number of rotatable bonds is 6. The zero-order valence-corrected chi connectivity index (χ0v) is 19.3. The first kappa shape index (κ1) is 22.9. The summed E-state index contributed by atoms with van der Waals surface area (Å²) in [6.45, 7) is 3.92. The van der Waals surface area contributed by atoms with Crippen molar-refractivity contribution in [1.82, 2.24) is 5.32 Å². The number of guanidine groups is 1. The molecule has 8 heteroatoms. The molecule has 7 nitrogen and oxygen atoms in total. The van der Waals surface area contributed by atoms with Gasteiger partial charge in [-0.1, -0.05) is 0 Å². The van der Waals surface area contributed by atoms with E-state index < -0.39 is 0 Å². The van der Waals surface area contributed by atoms with Crippen LogP contribution in [0.4, 0.5) is 5.69 Å². The molecule has 0 amide bonds. The molecule has 0 saturated heterocycles. The summed E-state index contributed by atoms with van der Waals surface area (Å²) in [7, 11) is 3.37. The van der Waals surface area contributed by atoms with Gasteiger partial charge in [-0.25, -0.2) is 0 Å². The molecule has 3 rings (SSSR count). The number of aliphatic imine (C=N–C) groups is 1. The summed E-state index contributed by atoms with van der Waals surface area (Å²) in [6, 6.07) is 13.3. The van der Waals surface area contributed by atoms with E-state index in [-0.39, 0.29) is 30.1 Å². The lowest BCUT2D eigenvalue weighted by Gasteiger charge is -2.18. The summed E-state index contributed by atoms with van der Waals surface area (Å²) >= 11 is 0. The molecular weight excluding hydrogens is 485 g/mol. The number of nitrogens with zero attached hydrogens (tertiary/aromatic N) is 1. The van der Waals surface area contributed by atoms with E-state index >= 15 is 0 Å². The summed E-state index contributed by atoms with van der Waals surface area (Å²) in [4.78, 5) is 4.27. The monoisotopic (exact) mass is 513 g/mol. The van der Waals surface area contributed by atoms with E-state index in [1.54, 1.807) is 14.2 Å². The van der Waals surface area contributed by atoms with Crippen molar-refractivity contribution in [2.45, 2.75) is 19.4 Å². The summed E-state index contributed by atoms with van der Waals surface area (Å²) in [5.74, 6) is 3.76. The molecule has 1 unspecified atom stereocenters. The molecule has 0 saturated carbocycles. The minimum absolute atomic E-state index is 0. The number of methoxy groups -OCH3 is 1. The fraction of sp³-hybridized carbons (Fsp3) is 0.381. The maximum atomic E-state index is 5.91. The molecule has 0 radical (unpaired) electrons. The van der Waals surface area contributed by atoms with Crippen molar-refractivity contribution in [3.63, 3.8) is 0 Å². The van der Waals surface area contributed by atoms with Crippen LogP contribution < -0.4 is 29.6 Å². The van der Waals surface area contributed by atoms with Crippen LogP contribution in [-0.4, -0.2) is 46.0 Å². The second kappa shape index (κ2) is 11.6. The highest BCUT2D eigenvalue weighted by atomic mass is 127. The van der Waals surface area contributed by atoms with E-state index in [0.717, 1.165) is 35.1 Å². The average Bonchev–Trinajstić information content (AvgIpc) is 2.96. The molecule has 1 heterocycles. The van der Waals surface area contributed by atoms with Crippen LogP contribution >= 0.6 is 24.0 Å². The summed E-state index contributed by atoms with van der Waals surface area (Å²) in [5, 5.41) is 6.53. The lowest BCUT2D eigenvalue weighted by atomic mass is 10.2. The van der Waals surface area contributed by atoms with Gasteiger partial charge in [0, 0.05) is 25.2 Å². The third-order valence-corrected chi connectivity index (χ3v) is 4.19. The maximum absolute atomic E-state index is 5.91. The predicted molar refractivity (Wildman–Crippen MR) is 126 cm³/mol. The van der Waals surface area contributed by atoms with Crippen molar-refractivity contribution >= 4 is 35.6 Å². The van der Waals surface area contributed by atoms with Gasteiger partial charge in [0.05, 0.1) is 26.9 Å². The number of fused-ring (bicyclic) bond motifs is 1. The highest BCUT2D eigenvalue weighted by molar-refractivity contribution is 14.0. The van der Waals surface area contributed by atoms with Gasteiger partial charge in [-0.3, -0.25) is 4.99 Å². The molecule has 1 aliphatic rings. The molecule has 0 bridgehead atoms. The van der Waals surface area contributed by atoms with E-state index in [0.29, 0.717) is 25.7 Å². The van der Waals surface area contributed by atoms with Gasteiger partial charge >= 0.3 is 0 Å². The van der Waals surface area contributed by atoms with Gasteiger partial charge in [0.25, 0.3) is 0 Å². The second-order valence-corrected chi connectivity index (χ2v) is 6.39. The summed E-state index contributed by atoms with van der Waals surface area (Å²) in [5.41, 5.74) is 0.876. The molecule has 2 aromatic rings. The molecule has 0 aliphatic carbocycles. The van der Waals surface area contributed by atoms with Crippen LogP contribution in [0.1, 0.15) is 13.3 Å². The second-order valence-electron chi connectivity index (χ2n) is 6.39. The smallest absolute Gasteiger partial charge is 0.195 e. The predicted octanol–water partition coefficient (Wildman–Crippen LogP) is 3.93. The minimum Gasteiger partial charge on any atom is -0.497 e. The Bertz CT molecular complexity index is 799. The Labute approximate surface area is 188 Å². The molecule has 0 fully saturated rings. The Balaban J connectivity index is 0.00000300. The Hall–Kier alpha value is -2.36. The number of benzene rings is 2. The standard InChI is InChI=1S/C21H27N3O4.HI/c1-15(28-18-8-6-17(25-3)7-9-18)14-23-21(22-2)24-16-5-10-19-20(13-16)27-12-4-11-26-19;/h5-10,13,15H,4,11-12,14H2,1-3H3,(H2,22,23,24);1H. The Kier molecular flexibility index (Phi) is 9.17. The zero-order chi connectivity index (χ0) is 19.8. The number of nitrogens with one attached hydrogen (secondary N) is 2. The minimum atomic E-state index is -0.0456. The third-order valence-electron chi connectivity index (χ3n) is 4.19. The van der Waals surface area contributed by atoms with Gasteiger partial charge < -0.3 is 29.6 Å². The quantitative estimate of drug-likeness (QED) is 0.347. The van der Waals surface area contributed by atoms with Crippen LogP contribution in [-0.2, 0) is 0 Å². The zero-order valence-electron chi connectivity index (χ0n) is 16.9. The summed E-state index contributed by atoms with van der Waals surface area (Å²) in [6.07, 6.45) is 0.836. The Morgan fingerprint density at radius 3 is 2.45 bits per heavy atom. The molecule has 0 aromatic heterocycles. The van der Waals surface area contributed by atoms with Crippen molar-refractivity contribution in [2.75, 3.05) is 39.2 Å². The van der Waals surface area contributed by atoms with E-state index in [9.17, 15) is 0 Å². The SMILES string of the molecule is CN=C(NCC(C)Oc1ccc(OC)cc1)Nc1ccc2c(c1)OCCCO2.I. The largest absolute Gasteiger partial charge is 0.497 e. The van der Waals surface area contributed by atoms with Crippen LogP contribution in [0.25, 0.3) is 0 Å². The molecule has 1 atom stereocenters. The van der Waals surface area contributed by atoms with Gasteiger partial charge in [0.15, 0.2) is 17.5 Å². The van der Waals surface area contributed by atoms with E-state index in [2.05, 4.69) is 15.6 Å². The van der Waals surface area contributed by atoms with Gasteiger partial charge in [-0.2, -0.15) is 0 Å². The van der Waals surface area contributed by atoms with Crippen LogP contribution in [0.2, 0.25) is 0 Å². The van der Waals surface area contributed by atoms with Gasteiger partial charge in [0.2, 0.25) is 0 Å². The van der Waals surface area contributed by atoms with Crippen LogP contribution in [0.3, 0.4) is 0 Å². The highest BCUT2D eigenvalue weighted by Gasteiger charge is 2.12. The molecule has 29 heavy (non-hydrogen) atoms. The molecule has 2 N–H and O–H groups in total. The van der Waals surface area contributed by atoms with Crippen molar-refractivity contribution in [1.29, 1.82) is 0 Å². The summed E-state index contributed by atoms with van der Waals surface area (Å²) < 4.78 is 22.5. The fourth-order valence-corrected chi connectivity index (χ4v) is 2.73. The first-order chi connectivity index (χ1) is 13.7. The molecule has 1 aliphatic heterocycles. The Morgan fingerprint density at radius 1 is 1.07 bits per heavy atom. The topological polar surface area (TPSA) is 73.3 Å². The molecule has 158 valence electrons. The highest BCUT2D eigenvalue weighted by Crippen LogP contribution is 2.32. The van der Waals surface area contributed by atoms with Gasteiger partial charge in [-0.05, 0) is 43.3 Å². The van der Waals surface area contributed by atoms with Crippen molar-refractivity contribution < 1.29 is 18.9 Å². The fourth-order valence-electron chi connectivity index (χ4n) is 2.73. The van der Waals surface area contributed by atoms with Crippen molar-refractivity contribution in [2.24, 2.45) is 4.99 Å². The lowest BCUT2D eigenvalue weighted by molar-refractivity contribution is 0.224. The molecule has 0 spiro atoms. The van der Waals surface area contributed by atoms with Crippen molar-refractivity contribution in [3.8, 4) is 23.0 Å². The first-order valence-electron chi connectivity index (χ1n) is 9.36. The van der Waals surface area contributed by atoms with E-state index in [1.165, 1.54) is 0 Å².